The highest BCUT2D eigenvalue weighted by Crippen LogP contribution is 2.65. The van der Waals surface area contributed by atoms with Crippen LogP contribution in [0.2, 0.25) is 0 Å². The molecule has 0 aromatic heterocycles. The van der Waals surface area contributed by atoms with Gasteiger partial charge in [0.1, 0.15) is 5.75 Å². The number of rotatable bonds is 1. The molecule has 6 unspecified atom stereocenters. The van der Waals surface area contributed by atoms with E-state index in [0.29, 0.717) is 12.0 Å². The number of imide groups is 2. The molecule has 0 radical (unpaired) electrons. The first-order chi connectivity index (χ1) is 15.7. The minimum atomic E-state index is -1.80. The molecule has 2 aliphatic carbocycles. The Balaban J connectivity index is 1.71. The summed E-state index contributed by atoms with van der Waals surface area (Å²) < 4.78 is 0. The zero-order chi connectivity index (χ0) is 25.0. The molecule has 6 atom stereocenters. The summed E-state index contributed by atoms with van der Waals surface area (Å²) >= 11 is 14.1. The molecule has 5 rings (SSSR count). The van der Waals surface area contributed by atoms with Crippen LogP contribution in [0.4, 0.5) is 0 Å². The van der Waals surface area contributed by atoms with E-state index >= 15 is 0 Å². The third-order valence-electron chi connectivity index (χ3n) is 7.91. The van der Waals surface area contributed by atoms with Crippen LogP contribution in [0.15, 0.2) is 35.9 Å². The van der Waals surface area contributed by atoms with Crippen LogP contribution in [0.1, 0.15) is 45.1 Å². The Labute approximate surface area is 207 Å². The largest absolute Gasteiger partial charge is 0.508 e. The van der Waals surface area contributed by atoms with Crippen LogP contribution in [-0.2, 0) is 19.2 Å². The number of carbonyl (C=O) groups excluding carboxylic acids is 4. The lowest BCUT2D eigenvalue weighted by Gasteiger charge is -2.50. The number of phenols is 1. The van der Waals surface area contributed by atoms with E-state index in [1.807, 2.05) is 26.8 Å². The van der Waals surface area contributed by atoms with Gasteiger partial charge in [0.15, 0.2) is 9.75 Å². The van der Waals surface area contributed by atoms with E-state index in [9.17, 15) is 24.3 Å². The fourth-order valence-corrected chi connectivity index (χ4v) is 7.47. The number of allylic oxidation sites excluding steroid dienone is 2. The SMILES string of the molecule is CN1C(=O)C2(Cl)CC3C(=CCC4C(=O)N(C(C)(C)C)C(=O)C43)C(c3ccc(O)cc3)C2(Cl)C1=O. The number of amides is 4. The van der Waals surface area contributed by atoms with Gasteiger partial charge in [0.05, 0.1) is 11.8 Å². The standard InChI is InChI=1S/C25H26Cl2N2O5/c1-23(2,3)29-19(31)15-10-9-14-16(17(15)20(29)32)11-24(26)21(33)28(4)22(34)25(24,27)18(14)12-5-7-13(30)8-6-12/h5-9,15-18,30H,10-11H2,1-4H3. The maximum atomic E-state index is 13.6. The topological polar surface area (TPSA) is 95.0 Å². The van der Waals surface area contributed by atoms with Gasteiger partial charge in [-0.15, -0.1) is 23.2 Å². The fraction of sp³-hybridized carbons (Fsp3) is 0.520. The second-order valence-corrected chi connectivity index (χ2v) is 12.0. The number of halogens is 2. The van der Waals surface area contributed by atoms with Crippen molar-refractivity contribution in [1.29, 1.82) is 0 Å². The van der Waals surface area contributed by atoms with Crippen LogP contribution < -0.4 is 0 Å². The van der Waals surface area contributed by atoms with Crippen molar-refractivity contribution in [3.05, 3.63) is 41.5 Å². The maximum Gasteiger partial charge on any atom is 0.253 e. The number of nitrogens with zero attached hydrogens (tertiary/aromatic N) is 2. The van der Waals surface area contributed by atoms with Gasteiger partial charge in [-0.3, -0.25) is 29.0 Å². The lowest BCUT2D eigenvalue weighted by molar-refractivity contribution is -0.146. The summed E-state index contributed by atoms with van der Waals surface area (Å²) in [4.78, 5) is 52.3. The van der Waals surface area contributed by atoms with Crippen LogP contribution >= 0.6 is 23.2 Å². The van der Waals surface area contributed by atoms with Crippen molar-refractivity contribution in [2.24, 2.45) is 17.8 Å². The molecule has 0 bridgehead atoms. The summed E-state index contributed by atoms with van der Waals surface area (Å²) in [5.74, 6) is -4.24. The Morgan fingerprint density at radius 1 is 0.971 bits per heavy atom. The van der Waals surface area contributed by atoms with Crippen LogP contribution in [0.25, 0.3) is 0 Å². The van der Waals surface area contributed by atoms with E-state index in [-0.39, 0.29) is 24.0 Å². The van der Waals surface area contributed by atoms with E-state index < -0.39 is 50.8 Å². The minimum Gasteiger partial charge on any atom is -0.508 e. The highest BCUT2D eigenvalue weighted by Gasteiger charge is 2.76. The lowest BCUT2D eigenvalue weighted by atomic mass is 9.56. The monoisotopic (exact) mass is 504 g/mol. The van der Waals surface area contributed by atoms with Gasteiger partial charge in [0, 0.05) is 18.5 Å². The number of phenolic OH excluding ortho intramolecular Hbond substituents is 1. The normalized spacial score (nSPS) is 37.5. The zero-order valence-electron chi connectivity index (χ0n) is 19.3. The van der Waals surface area contributed by atoms with Crippen molar-refractivity contribution in [1.82, 2.24) is 9.80 Å². The maximum absolute atomic E-state index is 13.6. The van der Waals surface area contributed by atoms with Gasteiger partial charge in [0.2, 0.25) is 11.8 Å². The van der Waals surface area contributed by atoms with Crippen LogP contribution in [0, 0.1) is 17.8 Å². The fourth-order valence-electron chi connectivity index (χ4n) is 6.45. The van der Waals surface area contributed by atoms with Crippen LogP contribution in [0.3, 0.4) is 0 Å². The Morgan fingerprint density at radius 2 is 1.59 bits per heavy atom. The molecule has 1 aromatic rings. The highest BCUT2D eigenvalue weighted by atomic mass is 35.5. The first-order valence-corrected chi connectivity index (χ1v) is 12.1. The summed E-state index contributed by atoms with van der Waals surface area (Å²) in [6, 6.07) is 6.27. The molecule has 2 heterocycles. The molecule has 1 saturated carbocycles. The molecule has 1 aromatic carbocycles. The van der Waals surface area contributed by atoms with Gasteiger partial charge >= 0.3 is 0 Å². The molecule has 0 spiro atoms. The van der Waals surface area contributed by atoms with Crippen LogP contribution in [0.5, 0.6) is 5.75 Å². The van der Waals surface area contributed by atoms with Gasteiger partial charge < -0.3 is 5.11 Å². The van der Waals surface area contributed by atoms with E-state index in [0.717, 1.165) is 10.5 Å². The Morgan fingerprint density at radius 3 is 2.18 bits per heavy atom. The minimum absolute atomic E-state index is 0.0223. The first-order valence-electron chi connectivity index (χ1n) is 11.3. The molecule has 3 fully saturated rings. The van der Waals surface area contributed by atoms with Crippen LogP contribution in [-0.4, -0.2) is 60.9 Å². The third kappa shape index (κ3) is 2.71. The van der Waals surface area contributed by atoms with Crippen molar-refractivity contribution < 1.29 is 24.3 Å². The number of benzene rings is 1. The summed E-state index contributed by atoms with van der Waals surface area (Å²) in [6.07, 6.45) is 2.21. The van der Waals surface area contributed by atoms with Gasteiger partial charge in [-0.2, -0.15) is 0 Å². The average molecular weight is 505 g/mol. The molecule has 34 heavy (non-hydrogen) atoms. The molecule has 2 aliphatic heterocycles. The number of carbonyl (C=O) groups is 4. The zero-order valence-corrected chi connectivity index (χ0v) is 20.9. The predicted octanol–water partition coefficient (Wildman–Crippen LogP) is 3.18. The van der Waals surface area contributed by atoms with Gasteiger partial charge in [-0.05, 0) is 57.2 Å². The molecular formula is C25H26Cl2N2O5. The summed E-state index contributed by atoms with van der Waals surface area (Å²) in [5, 5.41) is 9.83. The Hall–Kier alpha value is -2.38. The molecule has 4 aliphatic rings. The molecule has 7 nitrogen and oxygen atoms in total. The van der Waals surface area contributed by atoms with Crippen molar-refractivity contribution in [3.63, 3.8) is 0 Å². The van der Waals surface area contributed by atoms with E-state index in [2.05, 4.69) is 0 Å². The van der Waals surface area contributed by atoms with Gasteiger partial charge in [-0.1, -0.05) is 23.8 Å². The van der Waals surface area contributed by atoms with Gasteiger partial charge in [-0.25, -0.2) is 0 Å². The first kappa shape index (κ1) is 23.4. The molecule has 9 heteroatoms. The Kier molecular flexibility index (Phi) is 4.86. The second-order valence-electron chi connectivity index (χ2n) is 10.8. The van der Waals surface area contributed by atoms with Crippen molar-refractivity contribution in [2.45, 2.75) is 54.8 Å². The van der Waals surface area contributed by atoms with Crippen molar-refractivity contribution in [2.75, 3.05) is 7.05 Å². The smallest absolute Gasteiger partial charge is 0.253 e. The lowest BCUT2D eigenvalue weighted by Crippen LogP contribution is -2.60. The molecule has 4 amide bonds. The molecule has 1 N–H and O–H groups in total. The van der Waals surface area contributed by atoms with Crippen molar-refractivity contribution >= 4 is 46.8 Å². The quantitative estimate of drug-likeness (QED) is 0.360. The number of fused-ring (bicyclic) bond motifs is 4. The van der Waals surface area contributed by atoms with E-state index in [1.165, 1.54) is 24.1 Å². The highest BCUT2D eigenvalue weighted by molar-refractivity contribution is 6.53. The number of hydrogen-bond donors (Lipinski definition) is 1. The Bertz CT molecular complexity index is 1170. The molecule has 2 saturated heterocycles. The third-order valence-corrected chi connectivity index (χ3v) is 9.32. The summed E-state index contributed by atoms with van der Waals surface area (Å²) in [6.45, 7) is 5.45. The summed E-state index contributed by atoms with van der Waals surface area (Å²) in [7, 11) is 1.36. The molecule has 180 valence electrons. The summed E-state index contributed by atoms with van der Waals surface area (Å²) in [5.41, 5.74) is 0.657. The number of alkyl halides is 2. The number of hydrogen-bond acceptors (Lipinski definition) is 5. The average Bonchev–Trinajstić information content (AvgIpc) is 3.10. The number of likely N-dealkylation sites (tertiary alicyclic amines) is 2. The van der Waals surface area contributed by atoms with E-state index in [1.54, 1.807) is 12.1 Å². The second kappa shape index (κ2) is 7.08. The number of aromatic hydroxyl groups is 1. The van der Waals surface area contributed by atoms with Crippen molar-refractivity contribution in [3.8, 4) is 5.75 Å². The van der Waals surface area contributed by atoms with Gasteiger partial charge in [0.25, 0.3) is 11.8 Å². The molecular weight excluding hydrogens is 479 g/mol. The van der Waals surface area contributed by atoms with E-state index in [4.69, 9.17) is 23.2 Å². The predicted molar refractivity (Wildman–Crippen MR) is 125 cm³/mol.